The average molecular weight is 296 g/mol. The molecule has 0 unspecified atom stereocenters. The second-order valence-electron chi connectivity index (χ2n) is 4.58. The normalized spacial score (nSPS) is 10.5. The van der Waals surface area contributed by atoms with Crippen molar-refractivity contribution in [1.29, 1.82) is 0 Å². The second-order valence-corrected chi connectivity index (χ2v) is 5.64. The van der Waals surface area contributed by atoms with Gasteiger partial charge >= 0.3 is 0 Å². The third-order valence-electron chi connectivity index (χ3n) is 3.05. The third-order valence-corrected chi connectivity index (χ3v) is 3.95. The fourth-order valence-electron chi connectivity index (χ4n) is 1.99. The Balaban J connectivity index is 1.50. The van der Waals surface area contributed by atoms with E-state index in [4.69, 9.17) is 0 Å². The first-order valence-electron chi connectivity index (χ1n) is 6.81. The number of H-pyrrole nitrogens is 1. The van der Waals surface area contributed by atoms with Gasteiger partial charge in [-0.2, -0.15) is 5.10 Å². The summed E-state index contributed by atoms with van der Waals surface area (Å²) in [5, 5.41) is 10.9. The number of aromatic amines is 1. The summed E-state index contributed by atoms with van der Waals surface area (Å²) in [6, 6.07) is 18.8. The Labute approximate surface area is 128 Å². The van der Waals surface area contributed by atoms with Crippen LogP contribution in [0.5, 0.6) is 0 Å². The SMILES string of the molecule is c1ccc(CCNc2ccc(Sc3ncn[nH]3)cc2)cc1. The molecule has 2 aromatic carbocycles. The molecule has 0 bridgehead atoms. The lowest BCUT2D eigenvalue weighted by Crippen LogP contribution is -2.04. The van der Waals surface area contributed by atoms with Crippen LogP contribution in [0.1, 0.15) is 5.56 Å². The van der Waals surface area contributed by atoms with Gasteiger partial charge in [0, 0.05) is 17.1 Å². The molecule has 5 heteroatoms. The highest BCUT2D eigenvalue weighted by Gasteiger charge is 2.00. The molecule has 0 amide bonds. The van der Waals surface area contributed by atoms with Gasteiger partial charge in [-0.3, -0.25) is 5.10 Å². The van der Waals surface area contributed by atoms with Crippen molar-refractivity contribution >= 4 is 17.4 Å². The summed E-state index contributed by atoms with van der Waals surface area (Å²) in [5.74, 6) is 0. The molecule has 0 fully saturated rings. The van der Waals surface area contributed by atoms with Crippen LogP contribution >= 0.6 is 11.8 Å². The van der Waals surface area contributed by atoms with Crippen LogP contribution in [-0.2, 0) is 6.42 Å². The summed E-state index contributed by atoms with van der Waals surface area (Å²) in [6.07, 6.45) is 2.54. The van der Waals surface area contributed by atoms with Crippen LogP contribution in [0, 0.1) is 0 Å². The Bertz CT molecular complexity index is 651. The summed E-state index contributed by atoms with van der Waals surface area (Å²) < 4.78 is 0. The molecule has 1 aromatic heterocycles. The van der Waals surface area contributed by atoms with Crippen molar-refractivity contribution in [3.8, 4) is 0 Å². The Morgan fingerprint density at radius 2 is 1.81 bits per heavy atom. The monoisotopic (exact) mass is 296 g/mol. The van der Waals surface area contributed by atoms with Crippen molar-refractivity contribution < 1.29 is 0 Å². The Kier molecular flexibility index (Phi) is 4.53. The molecule has 21 heavy (non-hydrogen) atoms. The Morgan fingerprint density at radius 3 is 2.52 bits per heavy atom. The fourth-order valence-corrected chi connectivity index (χ4v) is 2.69. The molecule has 2 N–H and O–H groups in total. The van der Waals surface area contributed by atoms with E-state index in [0.29, 0.717) is 0 Å². The second kappa shape index (κ2) is 6.95. The molecule has 0 aliphatic carbocycles. The first-order chi connectivity index (χ1) is 10.4. The lowest BCUT2D eigenvalue weighted by molar-refractivity contribution is 0.973. The molecule has 1 heterocycles. The summed E-state index contributed by atoms with van der Waals surface area (Å²) in [5.41, 5.74) is 2.48. The first kappa shape index (κ1) is 13.7. The molecular weight excluding hydrogens is 280 g/mol. The molecule has 0 saturated heterocycles. The lowest BCUT2D eigenvalue weighted by atomic mass is 10.1. The molecule has 0 spiro atoms. The van der Waals surface area contributed by atoms with Gasteiger partial charge in [-0.05, 0) is 36.2 Å². The molecule has 0 aliphatic rings. The van der Waals surface area contributed by atoms with Crippen LogP contribution in [0.3, 0.4) is 0 Å². The van der Waals surface area contributed by atoms with Gasteiger partial charge in [0.2, 0.25) is 0 Å². The van der Waals surface area contributed by atoms with Crippen molar-refractivity contribution in [2.24, 2.45) is 0 Å². The summed E-state index contributed by atoms with van der Waals surface area (Å²) in [7, 11) is 0. The quantitative estimate of drug-likeness (QED) is 0.729. The highest BCUT2D eigenvalue weighted by molar-refractivity contribution is 7.99. The molecular formula is C16H16N4S. The molecule has 0 atom stereocenters. The van der Waals surface area contributed by atoms with E-state index in [1.54, 1.807) is 11.8 Å². The maximum Gasteiger partial charge on any atom is 0.188 e. The van der Waals surface area contributed by atoms with Gasteiger partial charge in [0.25, 0.3) is 0 Å². The largest absolute Gasteiger partial charge is 0.385 e. The van der Waals surface area contributed by atoms with E-state index in [0.717, 1.165) is 28.7 Å². The summed E-state index contributed by atoms with van der Waals surface area (Å²) >= 11 is 1.57. The van der Waals surface area contributed by atoms with Gasteiger partial charge in [-0.1, -0.05) is 42.1 Å². The number of hydrogen-bond acceptors (Lipinski definition) is 4. The highest BCUT2D eigenvalue weighted by atomic mass is 32.2. The lowest BCUT2D eigenvalue weighted by Gasteiger charge is -2.07. The van der Waals surface area contributed by atoms with Gasteiger partial charge in [0.1, 0.15) is 6.33 Å². The van der Waals surface area contributed by atoms with E-state index >= 15 is 0 Å². The highest BCUT2D eigenvalue weighted by Crippen LogP contribution is 2.25. The van der Waals surface area contributed by atoms with E-state index < -0.39 is 0 Å². The van der Waals surface area contributed by atoms with Crippen molar-refractivity contribution in [3.63, 3.8) is 0 Å². The standard InChI is InChI=1S/C16H16N4S/c1-2-4-13(5-3-1)10-11-17-14-6-8-15(9-7-14)21-16-18-12-19-20-16/h1-9,12,17H,10-11H2,(H,18,19,20). The number of hydrogen-bond donors (Lipinski definition) is 2. The molecule has 3 rings (SSSR count). The van der Waals surface area contributed by atoms with E-state index in [2.05, 4.69) is 69.0 Å². The number of rotatable bonds is 6. The van der Waals surface area contributed by atoms with Gasteiger partial charge in [-0.25, -0.2) is 4.98 Å². The number of nitrogens with one attached hydrogen (secondary N) is 2. The zero-order valence-corrected chi connectivity index (χ0v) is 12.3. The predicted molar refractivity (Wildman–Crippen MR) is 85.6 cm³/mol. The van der Waals surface area contributed by atoms with Gasteiger partial charge in [-0.15, -0.1) is 0 Å². The third kappa shape index (κ3) is 4.10. The van der Waals surface area contributed by atoms with Crippen LogP contribution in [0.4, 0.5) is 5.69 Å². The molecule has 106 valence electrons. The maximum atomic E-state index is 4.10. The van der Waals surface area contributed by atoms with E-state index in [1.807, 2.05) is 6.07 Å². The summed E-state index contributed by atoms with van der Waals surface area (Å²) in [4.78, 5) is 5.24. The van der Waals surface area contributed by atoms with Crippen LogP contribution in [0.2, 0.25) is 0 Å². The van der Waals surface area contributed by atoms with Crippen LogP contribution in [0.15, 0.2) is 71.0 Å². The zero-order valence-electron chi connectivity index (χ0n) is 11.5. The number of nitrogens with zero attached hydrogens (tertiary/aromatic N) is 2. The molecule has 0 saturated carbocycles. The van der Waals surface area contributed by atoms with E-state index in [1.165, 1.54) is 11.9 Å². The van der Waals surface area contributed by atoms with Gasteiger partial charge < -0.3 is 5.32 Å². The van der Waals surface area contributed by atoms with Gasteiger partial charge in [0.15, 0.2) is 5.16 Å². The van der Waals surface area contributed by atoms with Crippen molar-refractivity contribution in [1.82, 2.24) is 15.2 Å². The molecule has 0 aliphatic heterocycles. The number of aromatic nitrogens is 3. The van der Waals surface area contributed by atoms with Crippen molar-refractivity contribution in [2.45, 2.75) is 16.5 Å². The van der Waals surface area contributed by atoms with Crippen molar-refractivity contribution in [2.75, 3.05) is 11.9 Å². The average Bonchev–Trinajstić information content (AvgIpc) is 3.03. The smallest absolute Gasteiger partial charge is 0.188 e. The van der Waals surface area contributed by atoms with E-state index in [9.17, 15) is 0 Å². The fraction of sp³-hybridized carbons (Fsp3) is 0.125. The minimum atomic E-state index is 0.805. The van der Waals surface area contributed by atoms with Crippen LogP contribution in [-0.4, -0.2) is 21.7 Å². The Hall–Kier alpha value is -2.27. The minimum Gasteiger partial charge on any atom is -0.385 e. The topological polar surface area (TPSA) is 53.6 Å². The first-order valence-corrected chi connectivity index (χ1v) is 7.63. The minimum absolute atomic E-state index is 0.805. The number of benzene rings is 2. The van der Waals surface area contributed by atoms with Crippen molar-refractivity contribution in [3.05, 3.63) is 66.5 Å². The maximum absolute atomic E-state index is 4.10. The van der Waals surface area contributed by atoms with Gasteiger partial charge in [0.05, 0.1) is 0 Å². The summed E-state index contributed by atoms with van der Waals surface area (Å²) in [6.45, 7) is 0.929. The van der Waals surface area contributed by atoms with Crippen LogP contribution in [0.25, 0.3) is 0 Å². The number of anilines is 1. The zero-order chi connectivity index (χ0) is 14.3. The molecule has 4 nitrogen and oxygen atoms in total. The predicted octanol–water partition coefficient (Wildman–Crippen LogP) is 3.61. The van der Waals surface area contributed by atoms with E-state index in [-0.39, 0.29) is 0 Å². The molecule has 3 aromatic rings. The van der Waals surface area contributed by atoms with Crippen LogP contribution < -0.4 is 5.32 Å². The molecule has 0 radical (unpaired) electrons. The Morgan fingerprint density at radius 1 is 1.00 bits per heavy atom.